The number of hydrogen-bond acceptors (Lipinski definition) is 3. The first kappa shape index (κ1) is 15.2. The van der Waals surface area contributed by atoms with Crippen LogP contribution >= 0.6 is 31.9 Å². The van der Waals surface area contributed by atoms with E-state index >= 15 is 0 Å². The van der Waals surface area contributed by atoms with Crippen molar-refractivity contribution in [1.82, 2.24) is 0 Å². The van der Waals surface area contributed by atoms with Gasteiger partial charge < -0.3 is 14.6 Å². The highest BCUT2D eigenvalue weighted by Crippen LogP contribution is 2.37. The highest BCUT2D eigenvalue weighted by atomic mass is 79.9. The van der Waals surface area contributed by atoms with Gasteiger partial charge in [-0.1, -0.05) is 28.1 Å². The maximum Gasteiger partial charge on any atom is 0.175 e. The van der Waals surface area contributed by atoms with Crippen molar-refractivity contribution in [2.24, 2.45) is 0 Å². The van der Waals surface area contributed by atoms with Gasteiger partial charge in [-0.25, -0.2) is 0 Å². The van der Waals surface area contributed by atoms with Crippen molar-refractivity contribution < 1.29 is 14.6 Å². The van der Waals surface area contributed by atoms with Gasteiger partial charge >= 0.3 is 0 Å². The Labute approximate surface area is 134 Å². The van der Waals surface area contributed by atoms with E-state index in [1.54, 1.807) is 25.3 Å². The summed E-state index contributed by atoms with van der Waals surface area (Å²) in [5.74, 6) is 1.56. The minimum atomic E-state index is 0.228. The van der Waals surface area contributed by atoms with E-state index in [1.165, 1.54) is 0 Å². The maximum atomic E-state index is 9.44. The second kappa shape index (κ2) is 6.99. The van der Waals surface area contributed by atoms with Crippen LogP contribution in [0.4, 0.5) is 0 Å². The molecule has 0 aliphatic heterocycles. The Hall–Kier alpha value is -1.20. The molecular formula is C15H14Br2O3. The van der Waals surface area contributed by atoms with Crippen LogP contribution in [0.2, 0.25) is 0 Å². The number of rotatable bonds is 5. The number of benzene rings is 2. The molecule has 0 fully saturated rings. The molecule has 0 spiro atoms. The maximum absolute atomic E-state index is 9.44. The van der Waals surface area contributed by atoms with Crippen molar-refractivity contribution in [3.05, 3.63) is 52.0 Å². The number of aromatic hydroxyl groups is 1. The number of methoxy groups -OCH3 is 1. The molecule has 0 aromatic heterocycles. The Morgan fingerprint density at radius 2 is 1.95 bits per heavy atom. The van der Waals surface area contributed by atoms with Gasteiger partial charge in [0.05, 0.1) is 11.6 Å². The minimum Gasteiger partial charge on any atom is -0.508 e. The summed E-state index contributed by atoms with van der Waals surface area (Å²) in [6.07, 6.45) is 0. The number of alkyl halides is 1. The van der Waals surface area contributed by atoms with Crippen LogP contribution in [0.15, 0.2) is 40.9 Å². The van der Waals surface area contributed by atoms with Crippen LogP contribution in [0.5, 0.6) is 17.2 Å². The van der Waals surface area contributed by atoms with Gasteiger partial charge in [0.25, 0.3) is 0 Å². The van der Waals surface area contributed by atoms with Crippen LogP contribution < -0.4 is 9.47 Å². The molecule has 0 unspecified atom stereocenters. The lowest BCUT2D eigenvalue weighted by Gasteiger charge is -2.14. The highest BCUT2D eigenvalue weighted by Gasteiger charge is 2.11. The Balaban J connectivity index is 2.20. The van der Waals surface area contributed by atoms with Crippen LogP contribution in [-0.4, -0.2) is 12.2 Å². The third-order valence-corrected chi connectivity index (χ3v) is 3.97. The van der Waals surface area contributed by atoms with Gasteiger partial charge in [0.1, 0.15) is 12.4 Å². The van der Waals surface area contributed by atoms with Gasteiger partial charge in [-0.05, 0) is 51.3 Å². The minimum absolute atomic E-state index is 0.228. The predicted octanol–water partition coefficient (Wildman–Crippen LogP) is 4.64. The van der Waals surface area contributed by atoms with Crippen molar-refractivity contribution in [3.8, 4) is 17.2 Å². The lowest BCUT2D eigenvalue weighted by molar-refractivity contribution is 0.282. The highest BCUT2D eigenvalue weighted by molar-refractivity contribution is 9.10. The smallest absolute Gasteiger partial charge is 0.175 e. The van der Waals surface area contributed by atoms with Gasteiger partial charge in [0, 0.05) is 5.33 Å². The molecule has 2 aromatic carbocycles. The first-order chi connectivity index (χ1) is 9.63. The zero-order chi connectivity index (χ0) is 14.5. The average Bonchev–Trinajstić information content (AvgIpc) is 2.45. The number of halogens is 2. The summed E-state index contributed by atoms with van der Waals surface area (Å²) in [5, 5.41) is 10.2. The summed E-state index contributed by atoms with van der Waals surface area (Å²) in [7, 11) is 1.61. The lowest BCUT2D eigenvalue weighted by Crippen LogP contribution is -1.99. The molecule has 0 saturated heterocycles. The molecule has 3 nitrogen and oxygen atoms in total. The number of phenolic OH excluding ortho intramolecular Hbond substituents is 1. The van der Waals surface area contributed by atoms with Crippen LogP contribution in [0, 0.1) is 0 Å². The van der Waals surface area contributed by atoms with Crippen LogP contribution in [0.1, 0.15) is 11.1 Å². The number of ether oxygens (including phenoxy) is 2. The first-order valence-corrected chi connectivity index (χ1v) is 7.88. The summed E-state index contributed by atoms with van der Waals surface area (Å²) < 4.78 is 12.0. The molecule has 0 aliphatic rings. The van der Waals surface area contributed by atoms with Crippen LogP contribution in [-0.2, 0) is 11.9 Å². The number of phenols is 1. The molecule has 0 amide bonds. The van der Waals surface area contributed by atoms with E-state index in [1.807, 2.05) is 18.2 Å². The van der Waals surface area contributed by atoms with E-state index in [2.05, 4.69) is 31.9 Å². The first-order valence-electron chi connectivity index (χ1n) is 5.97. The molecule has 0 heterocycles. The quantitative estimate of drug-likeness (QED) is 0.742. The van der Waals surface area contributed by atoms with Gasteiger partial charge in [-0.3, -0.25) is 0 Å². The van der Waals surface area contributed by atoms with Crippen molar-refractivity contribution in [2.75, 3.05) is 7.11 Å². The molecule has 0 atom stereocenters. The van der Waals surface area contributed by atoms with E-state index in [0.29, 0.717) is 18.1 Å². The third kappa shape index (κ3) is 3.67. The lowest BCUT2D eigenvalue weighted by atomic mass is 10.2. The molecule has 20 heavy (non-hydrogen) atoms. The molecule has 1 N–H and O–H groups in total. The fraction of sp³-hybridized carbons (Fsp3) is 0.200. The Kier molecular flexibility index (Phi) is 5.31. The van der Waals surface area contributed by atoms with Crippen LogP contribution in [0.3, 0.4) is 0 Å². The number of hydrogen-bond donors (Lipinski definition) is 1. The van der Waals surface area contributed by atoms with E-state index in [4.69, 9.17) is 9.47 Å². The summed E-state index contributed by atoms with van der Waals surface area (Å²) >= 11 is 6.91. The van der Waals surface area contributed by atoms with Gasteiger partial charge in [0.2, 0.25) is 0 Å². The van der Waals surface area contributed by atoms with Gasteiger partial charge in [0.15, 0.2) is 11.5 Å². The van der Waals surface area contributed by atoms with E-state index in [0.717, 1.165) is 20.9 Å². The van der Waals surface area contributed by atoms with Gasteiger partial charge in [-0.2, -0.15) is 0 Å². The topological polar surface area (TPSA) is 38.7 Å². The summed E-state index contributed by atoms with van der Waals surface area (Å²) in [6, 6.07) is 10.9. The SMILES string of the molecule is COc1cc(CBr)cc(Br)c1OCc1cccc(O)c1. The second-order valence-corrected chi connectivity index (χ2v) is 5.62. The molecule has 2 aromatic rings. The average molecular weight is 402 g/mol. The van der Waals surface area contributed by atoms with Crippen molar-refractivity contribution in [1.29, 1.82) is 0 Å². The molecule has 0 saturated carbocycles. The second-order valence-electron chi connectivity index (χ2n) is 4.20. The van der Waals surface area contributed by atoms with Crippen molar-refractivity contribution >= 4 is 31.9 Å². The Bertz CT molecular complexity index is 600. The Morgan fingerprint density at radius 1 is 1.15 bits per heavy atom. The standard InChI is InChI=1S/C15H14Br2O3/c1-19-14-7-11(8-16)6-13(17)15(14)20-9-10-3-2-4-12(18)5-10/h2-7,18H,8-9H2,1H3. The molecule has 5 heteroatoms. The molecule has 106 valence electrons. The predicted molar refractivity (Wildman–Crippen MR) is 85.8 cm³/mol. The molecule has 2 rings (SSSR count). The van der Waals surface area contributed by atoms with Gasteiger partial charge in [-0.15, -0.1) is 0 Å². The van der Waals surface area contributed by atoms with E-state index in [9.17, 15) is 5.11 Å². The fourth-order valence-electron chi connectivity index (χ4n) is 1.79. The summed E-state index contributed by atoms with van der Waals surface area (Å²) in [6.45, 7) is 0.358. The Morgan fingerprint density at radius 3 is 2.60 bits per heavy atom. The zero-order valence-electron chi connectivity index (χ0n) is 10.9. The van der Waals surface area contributed by atoms with E-state index < -0.39 is 0 Å². The van der Waals surface area contributed by atoms with E-state index in [-0.39, 0.29) is 5.75 Å². The normalized spacial score (nSPS) is 10.3. The molecule has 0 bridgehead atoms. The summed E-state index contributed by atoms with van der Waals surface area (Å²) in [5.41, 5.74) is 1.99. The molecular weight excluding hydrogens is 388 g/mol. The third-order valence-electron chi connectivity index (χ3n) is 2.74. The summed E-state index contributed by atoms with van der Waals surface area (Å²) in [4.78, 5) is 0. The zero-order valence-corrected chi connectivity index (χ0v) is 14.1. The molecule has 0 aliphatic carbocycles. The van der Waals surface area contributed by atoms with Crippen molar-refractivity contribution in [3.63, 3.8) is 0 Å². The monoisotopic (exact) mass is 400 g/mol. The molecule has 0 radical (unpaired) electrons. The van der Waals surface area contributed by atoms with Crippen molar-refractivity contribution in [2.45, 2.75) is 11.9 Å². The van der Waals surface area contributed by atoms with Crippen LogP contribution in [0.25, 0.3) is 0 Å². The fourth-order valence-corrected chi connectivity index (χ4v) is 2.72. The largest absolute Gasteiger partial charge is 0.508 e.